The third-order valence-electron chi connectivity index (χ3n) is 5.79. The Morgan fingerprint density at radius 2 is 1.87 bits per heavy atom. The van der Waals surface area contributed by atoms with E-state index in [1.807, 2.05) is 53.6 Å². The number of fused-ring (bicyclic) bond motifs is 1. The number of hydrogen-bond acceptors (Lipinski definition) is 3. The van der Waals surface area contributed by atoms with Crippen LogP contribution in [0.4, 0.5) is 10.1 Å². The molecule has 1 aliphatic heterocycles. The molecule has 1 atom stereocenters. The highest BCUT2D eigenvalue weighted by Gasteiger charge is 2.35. The quantitative estimate of drug-likeness (QED) is 0.394. The van der Waals surface area contributed by atoms with Crippen molar-refractivity contribution in [3.63, 3.8) is 0 Å². The van der Waals surface area contributed by atoms with Gasteiger partial charge in [0, 0.05) is 36.0 Å². The van der Waals surface area contributed by atoms with Crippen LogP contribution in [0, 0.1) is 5.82 Å². The van der Waals surface area contributed by atoms with E-state index in [4.69, 9.17) is 4.98 Å². The van der Waals surface area contributed by atoms with E-state index < -0.39 is 0 Å². The molecule has 0 N–H and O–H groups in total. The fraction of sp³-hybridized carbons (Fsp3) is 0.200. The second-order valence-corrected chi connectivity index (χ2v) is 8.66. The number of halogens is 1. The average Bonchev–Trinajstić information content (AvgIpc) is 3.36. The summed E-state index contributed by atoms with van der Waals surface area (Å²) >= 11 is 1.67. The maximum atomic E-state index is 13.4. The van der Waals surface area contributed by atoms with E-state index in [-0.39, 0.29) is 17.6 Å². The Balaban J connectivity index is 1.51. The fourth-order valence-electron chi connectivity index (χ4n) is 4.25. The normalized spacial score (nSPS) is 16.4. The van der Waals surface area contributed by atoms with Gasteiger partial charge in [0.2, 0.25) is 5.91 Å². The van der Waals surface area contributed by atoms with Crippen LogP contribution >= 0.6 is 11.8 Å². The maximum absolute atomic E-state index is 13.4. The summed E-state index contributed by atoms with van der Waals surface area (Å²) in [5.74, 6) is 0.772. The summed E-state index contributed by atoms with van der Waals surface area (Å²) in [6.45, 7) is 1.19. The van der Waals surface area contributed by atoms with Crippen molar-refractivity contribution in [2.75, 3.05) is 17.7 Å². The van der Waals surface area contributed by atoms with Gasteiger partial charge in [0.1, 0.15) is 11.6 Å². The SMILES string of the molecule is CSc1cccc(N2C[C@H](c3nc4ccccc4n3Cc3ccc(F)cc3)CC2=O)c1. The lowest BCUT2D eigenvalue weighted by Crippen LogP contribution is -2.24. The molecular formula is C25H22FN3OS. The Morgan fingerprint density at radius 1 is 1.06 bits per heavy atom. The molecule has 2 heterocycles. The first-order valence-electron chi connectivity index (χ1n) is 10.3. The molecule has 4 aromatic rings. The number of benzene rings is 3. The summed E-state index contributed by atoms with van der Waals surface area (Å²) in [5.41, 5.74) is 3.87. The van der Waals surface area contributed by atoms with Gasteiger partial charge in [-0.1, -0.05) is 30.3 Å². The van der Waals surface area contributed by atoms with Gasteiger partial charge in [0.25, 0.3) is 0 Å². The van der Waals surface area contributed by atoms with Crippen molar-refractivity contribution in [1.82, 2.24) is 9.55 Å². The number of nitrogens with zero attached hydrogens (tertiary/aromatic N) is 3. The zero-order valence-electron chi connectivity index (χ0n) is 17.2. The minimum atomic E-state index is -0.246. The smallest absolute Gasteiger partial charge is 0.227 e. The molecule has 0 aliphatic carbocycles. The number of carbonyl (C=O) groups excluding carboxylic acids is 1. The van der Waals surface area contributed by atoms with Crippen LogP contribution in [0.15, 0.2) is 77.7 Å². The Kier molecular flexibility index (Phi) is 5.24. The summed E-state index contributed by atoms with van der Waals surface area (Å²) in [6, 6.07) is 22.7. The van der Waals surface area contributed by atoms with E-state index in [2.05, 4.69) is 10.6 Å². The van der Waals surface area contributed by atoms with Crippen molar-refractivity contribution < 1.29 is 9.18 Å². The van der Waals surface area contributed by atoms with Crippen molar-refractivity contribution >= 4 is 34.4 Å². The molecule has 31 heavy (non-hydrogen) atoms. The first-order chi connectivity index (χ1) is 15.1. The van der Waals surface area contributed by atoms with Crippen LogP contribution in [0.1, 0.15) is 23.7 Å². The van der Waals surface area contributed by atoms with E-state index >= 15 is 0 Å². The third kappa shape index (κ3) is 3.83. The number of rotatable bonds is 5. The second kappa shape index (κ2) is 8.19. The number of anilines is 1. The highest BCUT2D eigenvalue weighted by Crippen LogP contribution is 2.34. The molecule has 1 amide bonds. The summed E-state index contributed by atoms with van der Waals surface area (Å²) in [7, 11) is 0. The van der Waals surface area contributed by atoms with Crippen LogP contribution in [0.2, 0.25) is 0 Å². The van der Waals surface area contributed by atoms with Crippen molar-refractivity contribution in [1.29, 1.82) is 0 Å². The molecule has 156 valence electrons. The number of amides is 1. The molecule has 1 fully saturated rings. The monoisotopic (exact) mass is 431 g/mol. The standard InChI is InChI=1S/C25H22FN3OS/c1-31-21-6-4-5-20(14-21)28-16-18(13-24(28)30)25-27-22-7-2-3-8-23(22)29(25)15-17-9-11-19(26)12-10-17/h2-12,14,18H,13,15-16H2,1H3/t18-/m1/s1. The summed E-state index contributed by atoms with van der Waals surface area (Å²) in [6.07, 6.45) is 2.46. The van der Waals surface area contributed by atoms with Crippen LogP contribution < -0.4 is 4.90 Å². The lowest BCUT2D eigenvalue weighted by Gasteiger charge is -2.18. The molecule has 0 radical (unpaired) electrons. The van der Waals surface area contributed by atoms with Crippen molar-refractivity contribution in [2.24, 2.45) is 0 Å². The lowest BCUT2D eigenvalue weighted by molar-refractivity contribution is -0.117. The first kappa shape index (κ1) is 19.8. The van der Waals surface area contributed by atoms with Gasteiger partial charge in [0.15, 0.2) is 0 Å². The predicted molar refractivity (Wildman–Crippen MR) is 123 cm³/mol. The van der Waals surface area contributed by atoms with Gasteiger partial charge in [-0.25, -0.2) is 9.37 Å². The van der Waals surface area contributed by atoms with Crippen molar-refractivity contribution in [2.45, 2.75) is 23.8 Å². The molecule has 3 aromatic carbocycles. The molecule has 0 spiro atoms. The Bertz CT molecular complexity index is 1250. The van der Waals surface area contributed by atoms with E-state index in [0.717, 1.165) is 33.0 Å². The van der Waals surface area contributed by atoms with Crippen molar-refractivity contribution in [3.8, 4) is 0 Å². The predicted octanol–water partition coefficient (Wildman–Crippen LogP) is 5.47. The molecule has 4 nitrogen and oxygen atoms in total. The van der Waals surface area contributed by atoms with Gasteiger partial charge in [-0.15, -0.1) is 11.8 Å². The summed E-state index contributed by atoms with van der Waals surface area (Å²) in [4.78, 5) is 20.8. The highest BCUT2D eigenvalue weighted by atomic mass is 32.2. The molecule has 0 unspecified atom stereocenters. The second-order valence-electron chi connectivity index (χ2n) is 7.78. The van der Waals surface area contributed by atoms with Gasteiger partial charge in [0.05, 0.1) is 11.0 Å². The van der Waals surface area contributed by atoms with E-state index in [9.17, 15) is 9.18 Å². The zero-order valence-corrected chi connectivity index (χ0v) is 18.0. The largest absolute Gasteiger partial charge is 0.323 e. The van der Waals surface area contributed by atoms with E-state index in [1.165, 1.54) is 12.1 Å². The van der Waals surface area contributed by atoms with Gasteiger partial charge in [-0.2, -0.15) is 0 Å². The molecular weight excluding hydrogens is 409 g/mol. The van der Waals surface area contributed by atoms with Crippen LogP contribution in [-0.4, -0.2) is 28.3 Å². The zero-order chi connectivity index (χ0) is 21.4. The number of thioether (sulfide) groups is 1. The Morgan fingerprint density at radius 3 is 2.68 bits per heavy atom. The highest BCUT2D eigenvalue weighted by molar-refractivity contribution is 7.98. The molecule has 1 aromatic heterocycles. The number of hydrogen-bond donors (Lipinski definition) is 0. The van der Waals surface area contributed by atoms with Crippen LogP contribution in [0.5, 0.6) is 0 Å². The summed E-state index contributed by atoms with van der Waals surface area (Å²) < 4.78 is 15.6. The third-order valence-corrected chi connectivity index (χ3v) is 6.52. The number of carbonyl (C=O) groups is 1. The van der Waals surface area contributed by atoms with Crippen LogP contribution in [0.25, 0.3) is 11.0 Å². The lowest BCUT2D eigenvalue weighted by atomic mass is 10.1. The van der Waals surface area contributed by atoms with E-state index in [0.29, 0.717) is 19.5 Å². The van der Waals surface area contributed by atoms with Gasteiger partial charge in [-0.05, 0) is 54.3 Å². The number of para-hydroxylation sites is 2. The molecule has 1 aliphatic rings. The van der Waals surface area contributed by atoms with E-state index in [1.54, 1.807) is 23.9 Å². The first-order valence-corrected chi connectivity index (χ1v) is 11.5. The van der Waals surface area contributed by atoms with Gasteiger partial charge < -0.3 is 9.47 Å². The minimum Gasteiger partial charge on any atom is -0.323 e. The molecule has 0 bridgehead atoms. The fourth-order valence-corrected chi connectivity index (χ4v) is 4.71. The van der Waals surface area contributed by atoms with Crippen LogP contribution in [0.3, 0.4) is 0 Å². The molecule has 0 saturated carbocycles. The van der Waals surface area contributed by atoms with Crippen LogP contribution in [-0.2, 0) is 11.3 Å². The van der Waals surface area contributed by atoms with Gasteiger partial charge in [-0.3, -0.25) is 4.79 Å². The number of aromatic nitrogens is 2. The van der Waals surface area contributed by atoms with Crippen molar-refractivity contribution in [3.05, 3.63) is 90.0 Å². The van der Waals surface area contributed by atoms with Gasteiger partial charge >= 0.3 is 0 Å². The molecule has 1 saturated heterocycles. The molecule has 6 heteroatoms. The number of imidazole rings is 1. The topological polar surface area (TPSA) is 38.1 Å². The maximum Gasteiger partial charge on any atom is 0.227 e. The molecule has 5 rings (SSSR count). The average molecular weight is 432 g/mol. The minimum absolute atomic E-state index is 0.00159. The Labute approximate surface area is 184 Å². The Hall–Kier alpha value is -3.12. The summed E-state index contributed by atoms with van der Waals surface area (Å²) in [5, 5.41) is 0.